The predicted octanol–water partition coefficient (Wildman–Crippen LogP) is 6.67. The van der Waals surface area contributed by atoms with Gasteiger partial charge in [-0.3, -0.25) is 14.2 Å². The Labute approximate surface area is 192 Å². The van der Waals surface area contributed by atoms with E-state index >= 15 is 0 Å². The molecule has 0 radical (unpaired) electrons. The average Bonchev–Trinajstić information content (AvgIpc) is 2.76. The number of alkyl halides is 2. The SMILES string of the molecule is CC(=O)OCCOc1ccc2ccccc2c1.F.F.FC(F)OC1CCC2CCCCC2C1. The summed E-state index contributed by atoms with van der Waals surface area (Å²) >= 11 is 0. The zero-order chi connectivity index (χ0) is 22.1. The molecule has 3 unspecified atom stereocenters. The Bertz CT molecular complexity index is 833. The van der Waals surface area contributed by atoms with Gasteiger partial charge in [-0.15, -0.1) is 0 Å². The standard InChI is InChI=1S/C14H14O3.C11H18F2O.2FH/c1-11(15)16-8-9-17-14-7-6-12-4-2-3-5-13(12)10-14;12-11(13)14-10-6-5-8-3-1-2-4-9(8)7-10;;/h2-7,10H,8-9H2,1H3;8-11H,1-7H2;2*1H. The fraction of sp³-hybridized carbons (Fsp3) is 0.560. The number of rotatable bonds is 6. The number of esters is 1. The molecule has 2 saturated carbocycles. The van der Waals surface area contributed by atoms with Gasteiger partial charge in [0.15, 0.2) is 0 Å². The highest BCUT2D eigenvalue weighted by atomic mass is 19.3. The lowest BCUT2D eigenvalue weighted by Gasteiger charge is -2.38. The summed E-state index contributed by atoms with van der Waals surface area (Å²) in [6.07, 6.45) is 7.79. The Morgan fingerprint density at radius 1 is 0.939 bits per heavy atom. The molecule has 2 fully saturated rings. The molecule has 186 valence electrons. The molecule has 3 atom stereocenters. The van der Waals surface area contributed by atoms with Crippen molar-refractivity contribution in [2.24, 2.45) is 11.8 Å². The summed E-state index contributed by atoms with van der Waals surface area (Å²) in [7, 11) is 0. The second kappa shape index (κ2) is 14.7. The lowest BCUT2D eigenvalue weighted by molar-refractivity contribution is -0.177. The summed E-state index contributed by atoms with van der Waals surface area (Å²) < 4.78 is 38.9. The Morgan fingerprint density at radius 2 is 1.64 bits per heavy atom. The number of hydrogen-bond acceptors (Lipinski definition) is 4. The first-order valence-corrected chi connectivity index (χ1v) is 11.2. The molecule has 2 aliphatic carbocycles. The maximum absolute atomic E-state index is 12.0. The van der Waals surface area contributed by atoms with E-state index in [0.29, 0.717) is 12.5 Å². The van der Waals surface area contributed by atoms with Gasteiger partial charge >= 0.3 is 12.6 Å². The van der Waals surface area contributed by atoms with Crippen LogP contribution in [0.3, 0.4) is 0 Å². The largest absolute Gasteiger partial charge is 0.490 e. The van der Waals surface area contributed by atoms with Crippen molar-refractivity contribution in [3.8, 4) is 5.75 Å². The van der Waals surface area contributed by atoms with Gasteiger partial charge in [0.05, 0.1) is 6.10 Å². The molecule has 0 spiro atoms. The minimum atomic E-state index is -2.58. The van der Waals surface area contributed by atoms with Gasteiger partial charge in [-0.05, 0) is 54.0 Å². The zero-order valence-corrected chi connectivity index (χ0v) is 18.9. The first kappa shape index (κ1) is 28.7. The predicted molar refractivity (Wildman–Crippen MR) is 121 cm³/mol. The van der Waals surface area contributed by atoms with Crippen LogP contribution in [0, 0.1) is 11.8 Å². The van der Waals surface area contributed by atoms with Crippen molar-refractivity contribution in [3.63, 3.8) is 0 Å². The molecule has 2 aromatic rings. The van der Waals surface area contributed by atoms with Crippen molar-refractivity contribution in [2.75, 3.05) is 13.2 Å². The maximum Gasteiger partial charge on any atom is 0.345 e. The van der Waals surface area contributed by atoms with Crippen LogP contribution >= 0.6 is 0 Å². The molecule has 0 N–H and O–H groups in total. The highest BCUT2D eigenvalue weighted by Crippen LogP contribution is 2.41. The van der Waals surface area contributed by atoms with Crippen LogP contribution in [0.4, 0.5) is 18.2 Å². The topological polar surface area (TPSA) is 44.8 Å². The third kappa shape index (κ3) is 9.58. The van der Waals surface area contributed by atoms with Gasteiger partial charge in [-0.1, -0.05) is 56.0 Å². The summed E-state index contributed by atoms with van der Waals surface area (Å²) in [6, 6.07) is 14.0. The fourth-order valence-corrected chi connectivity index (χ4v) is 4.70. The van der Waals surface area contributed by atoms with E-state index in [-0.39, 0.29) is 28.1 Å². The molecule has 0 aromatic heterocycles. The van der Waals surface area contributed by atoms with E-state index < -0.39 is 6.61 Å². The van der Waals surface area contributed by atoms with Crippen LogP contribution in [-0.2, 0) is 14.3 Å². The Balaban J connectivity index is 0.000000316. The van der Waals surface area contributed by atoms with Crippen LogP contribution in [0.1, 0.15) is 51.9 Å². The molecule has 0 bridgehead atoms. The Hall–Kier alpha value is -2.35. The number of fused-ring (bicyclic) bond motifs is 2. The Kier molecular flexibility index (Phi) is 12.8. The normalized spacial score (nSPS) is 21.5. The molecule has 4 rings (SSSR count). The lowest BCUT2D eigenvalue weighted by Crippen LogP contribution is -2.32. The second-order valence-electron chi connectivity index (χ2n) is 8.33. The van der Waals surface area contributed by atoms with E-state index in [1.807, 2.05) is 36.4 Å². The van der Waals surface area contributed by atoms with Crippen LogP contribution < -0.4 is 4.74 Å². The van der Waals surface area contributed by atoms with Crippen molar-refractivity contribution in [1.29, 1.82) is 0 Å². The van der Waals surface area contributed by atoms with E-state index in [1.54, 1.807) is 0 Å². The summed E-state index contributed by atoms with van der Waals surface area (Å²) in [4.78, 5) is 10.6. The number of carbonyl (C=O) groups is 1. The van der Waals surface area contributed by atoms with Gasteiger partial charge in [-0.25, -0.2) is 0 Å². The lowest BCUT2D eigenvalue weighted by atomic mass is 9.70. The van der Waals surface area contributed by atoms with E-state index in [4.69, 9.17) is 9.47 Å². The van der Waals surface area contributed by atoms with Gasteiger partial charge in [0.1, 0.15) is 19.0 Å². The van der Waals surface area contributed by atoms with Crippen LogP contribution in [0.5, 0.6) is 5.75 Å². The van der Waals surface area contributed by atoms with Crippen LogP contribution in [0.25, 0.3) is 10.8 Å². The van der Waals surface area contributed by atoms with Gasteiger partial charge in [0, 0.05) is 6.92 Å². The molecule has 0 aliphatic heterocycles. The van der Waals surface area contributed by atoms with Crippen molar-refractivity contribution >= 4 is 16.7 Å². The quantitative estimate of drug-likeness (QED) is 0.266. The minimum absolute atomic E-state index is 0. The third-order valence-electron chi connectivity index (χ3n) is 6.17. The molecular weight excluding hydrogens is 440 g/mol. The van der Waals surface area contributed by atoms with E-state index in [9.17, 15) is 13.6 Å². The first-order valence-electron chi connectivity index (χ1n) is 11.2. The molecule has 0 saturated heterocycles. The fourth-order valence-electron chi connectivity index (χ4n) is 4.70. The minimum Gasteiger partial charge on any atom is -0.490 e. The van der Waals surface area contributed by atoms with Gasteiger partial charge in [0.2, 0.25) is 0 Å². The number of benzene rings is 2. The molecule has 0 amide bonds. The monoisotopic (exact) mass is 474 g/mol. The van der Waals surface area contributed by atoms with E-state index in [1.165, 1.54) is 38.0 Å². The summed E-state index contributed by atoms with van der Waals surface area (Å²) in [5, 5.41) is 2.32. The number of carbonyl (C=O) groups excluding carboxylic acids is 1. The Morgan fingerprint density at radius 3 is 2.33 bits per heavy atom. The molecule has 4 nitrogen and oxygen atoms in total. The molecule has 2 aliphatic rings. The van der Waals surface area contributed by atoms with E-state index in [0.717, 1.165) is 36.3 Å². The van der Waals surface area contributed by atoms with Crippen molar-refractivity contribution in [2.45, 2.75) is 64.6 Å². The summed E-state index contributed by atoms with van der Waals surface area (Å²) in [5.41, 5.74) is 0. The van der Waals surface area contributed by atoms with Gasteiger partial charge in [0.25, 0.3) is 0 Å². The van der Waals surface area contributed by atoms with Crippen molar-refractivity contribution in [1.82, 2.24) is 0 Å². The first-order chi connectivity index (χ1) is 15.0. The van der Waals surface area contributed by atoms with Gasteiger partial charge in [-0.2, -0.15) is 8.78 Å². The maximum atomic E-state index is 12.0. The van der Waals surface area contributed by atoms with Crippen molar-refractivity contribution in [3.05, 3.63) is 42.5 Å². The molecule has 2 aromatic carbocycles. The second-order valence-corrected chi connectivity index (χ2v) is 8.33. The molecule has 33 heavy (non-hydrogen) atoms. The van der Waals surface area contributed by atoms with Crippen molar-refractivity contribution < 1.29 is 37.2 Å². The highest BCUT2D eigenvalue weighted by Gasteiger charge is 2.33. The van der Waals surface area contributed by atoms with Crippen LogP contribution in [-0.4, -0.2) is 31.9 Å². The molecule has 0 heterocycles. The highest BCUT2D eigenvalue weighted by molar-refractivity contribution is 5.83. The number of hydrogen-bond donors (Lipinski definition) is 0. The smallest absolute Gasteiger partial charge is 0.345 e. The third-order valence-corrected chi connectivity index (χ3v) is 6.17. The number of halogens is 4. The average molecular weight is 475 g/mol. The van der Waals surface area contributed by atoms with Crippen LogP contribution in [0.2, 0.25) is 0 Å². The number of ether oxygens (including phenoxy) is 3. The van der Waals surface area contributed by atoms with E-state index in [2.05, 4.69) is 10.8 Å². The molecular formula is C25H34F4O4. The summed E-state index contributed by atoms with van der Waals surface area (Å²) in [5.74, 6) is 1.98. The molecule has 8 heteroatoms. The zero-order valence-electron chi connectivity index (χ0n) is 18.9. The van der Waals surface area contributed by atoms with Crippen LogP contribution in [0.15, 0.2) is 42.5 Å². The van der Waals surface area contributed by atoms with Gasteiger partial charge < -0.3 is 14.2 Å². The summed E-state index contributed by atoms with van der Waals surface area (Å²) in [6.45, 7) is -0.545.